The van der Waals surface area contributed by atoms with Crippen LogP contribution in [0.5, 0.6) is 0 Å². The van der Waals surface area contributed by atoms with E-state index in [1.807, 2.05) is 0 Å². The van der Waals surface area contributed by atoms with Crippen molar-refractivity contribution in [1.29, 1.82) is 0 Å². The number of hydrogen-bond acceptors (Lipinski definition) is 2. The fourth-order valence-corrected chi connectivity index (χ4v) is 3.93. The molecule has 3 heteroatoms. The smallest absolute Gasteiger partial charge is 0.233 e. The van der Waals surface area contributed by atoms with Crippen molar-refractivity contribution in [3.05, 3.63) is 35.9 Å². The van der Waals surface area contributed by atoms with E-state index in [9.17, 15) is 4.79 Å². The fraction of sp³-hybridized carbons (Fsp3) is 0.650. The molecule has 0 aromatic heterocycles. The highest BCUT2D eigenvalue weighted by atomic mass is 16.1. The Morgan fingerprint density at radius 1 is 1.17 bits per heavy atom. The normalized spacial score (nSPS) is 29.0. The molecule has 3 rings (SSSR count). The molecule has 2 aliphatic rings. The molecule has 2 N–H and O–H groups in total. The Bertz CT molecular complexity index is 524. The van der Waals surface area contributed by atoms with Crippen LogP contribution in [-0.2, 0) is 10.2 Å². The molecule has 2 saturated carbocycles. The summed E-state index contributed by atoms with van der Waals surface area (Å²) in [7, 11) is 0. The van der Waals surface area contributed by atoms with Crippen LogP contribution in [0, 0.1) is 11.8 Å². The fourth-order valence-electron chi connectivity index (χ4n) is 3.93. The lowest BCUT2D eigenvalue weighted by Gasteiger charge is -2.34. The van der Waals surface area contributed by atoms with Gasteiger partial charge in [0, 0.05) is 18.0 Å². The zero-order valence-electron chi connectivity index (χ0n) is 14.5. The Hall–Kier alpha value is -1.35. The minimum atomic E-state index is 0.137. The predicted octanol–water partition coefficient (Wildman–Crippen LogP) is 3.25. The van der Waals surface area contributed by atoms with Crippen molar-refractivity contribution in [2.45, 2.75) is 57.4 Å². The number of hydrogen-bond donors (Lipinski definition) is 2. The summed E-state index contributed by atoms with van der Waals surface area (Å²) >= 11 is 0. The van der Waals surface area contributed by atoms with E-state index < -0.39 is 0 Å². The molecule has 1 amide bonds. The van der Waals surface area contributed by atoms with E-state index in [2.05, 4.69) is 54.8 Å². The van der Waals surface area contributed by atoms with Crippen molar-refractivity contribution in [2.24, 2.45) is 11.8 Å². The zero-order valence-corrected chi connectivity index (χ0v) is 14.5. The molecule has 126 valence electrons. The first-order valence-corrected chi connectivity index (χ1v) is 9.16. The Labute approximate surface area is 140 Å². The molecule has 0 bridgehead atoms. The van der Waals surface area contributed by atoms with Gasteiger partial charge in [-0.15, -0.1) is 0 Å². The average Bonchev–Trinajstić information content (AvgIpc) is 3.36. The van der Waals surface area contributed by atoms with Crippen LogP contribution in [0.2, 0.25) is 0 Å². The van der Waals surface area contributed by atoms with Gasteiger partial charge >= 0.3 is 0 Å². The molecule has 0 aliphatic heterocycles. The van der Waals surface area contributed by atoms with Crippen LogP contribution in [-0.4, -0.2) is 25.0 Å². The lowest BCUT2D eigenvalue weighted by molar-refractivity contribution is -0.120. The third-order valence-corrected chi connectivity index (χ3v) is 6.10. The second-order valence-corrected chi connectivity index (χ2v) is 7.68. The van der Waals surface area contributed by atoms with E-state index in [0.717, 1.165) is 12.5 Å². The number of nitrogens with one attached hydrogen (secondary N) is 2. The summed E-state index contributed by atoms with van der Waals surface area (Å²) in [5.74, 6) is 1.56. The molecule has 0 saturated heterocycles. The lowest BCUT2D eigenvalue weighted by Crippen LogP contribution is -2.46. The van der Waals surface area contributed by atoms with Gasteiger partial charge in [0.1, 0.15) is 0 Å². The van der Waals surface area contributed by atoms with Crippen LogP contribution >= 0.6 is 0 Å². The monoisotopic (exact) mass is 314 g/mol. The van der Waals surface area contributed by atoms with Crippen LogP contribution < -0.4 is 10.6 Å². The third kappa shape index (κ3) is 3.95. The van der Waals surface area contributed by atoms with Crippen molar-refractivity contribution >= 4 is 5.91 Å². The largest absolute Gasteiger partial charge is 0.354 e. The average molecular weight is 314 g/mol. The summed E-state index contributed by atoms with van der Waals surface area (Å²) in [6.45, 7) is 5.87. The Morgan fingerprint density at radius 2 is 1.91 bits per heavy atom. The number of rotatable bonds is 6. The molecule has 2 fully saturated rings. The summed E-state index contributed by atoms with van der Waals surface area (Å²) in [6.07, 6.45) is 6.17. The highest BCUT2D eigenvalue weighted by Crippen LogP contribution is 2.47. The third-order valence-electron chi connectivity index (χ3n) is 6.10. The minimum Gasteiger partial charge on any atom is -0.354 e. The Kier molecular flexibility index (Phi) is 5.05. The topological polar surface area (TPSA) is 41.1 Å². The first-order chi connectivity index (χ1) is 11.1. The molecule has 3 unspecified atom stereocenters. The van der Waals surface area contributed by atoms with Gasteiger partial charge in [0.15, 0.2) is 0 Å². The van der Waals surface area contributed by atoms with E-state index in [-0.39, 0.29) is 11.3 Å². The molecule has 3 nitrogen and oxygen atoms in total. The summed E-state index contributed by atoms with van der Waals surface area (Å²) in [4.78, 5) is 12.2. The summed E-state index contributed by atoms with van der Waals surface area (Å²) < 4.78 is 0. The van der Waals surface area contributed by atoms with Crippen LogP contribution in [0.15, 0.2) is 30.3 Å². The number of carbonyl (C=O) groups excluding carboxylic acids is 1. The van der Waals surface area contributed by atoms with Gasteiger partial charge in [-0.3, -0.25) is 4.79 Å². The molecule has 1 aromatic rings. The van der Waals surface area contributed by atoms with Crippen LogP contribution in [0.4, 0.5) is 0 Å². The van der Waals surface area contributed by atoms with Crippen molar-refractivity contribution in [3.8, 4) is 0 Å². The van der Waals surface area contributed by atoms with Crippen LogP contribution in [0.3, 0.4) is 0 Å². The van der Waals surface area contributed by atoms with Crippen LogP contribution in [0.25, 0.3) is 0 Å². The summed E-state index contributed by atoms with van der Waals surface area (Å²) in [6, 6.07) is 11.1. The Morgan fingerprint density at radius 3 is 2.61 bits per heavy atom. The van der Waals surface area contributed by atoms with Crippen molar-refractivity contribution in [1.82, 2.24) is 10.6 Å². The number of amides is 1. The second kappa shape index (κ2) is 7.04. The van der Waals surface area contributed by atoms with Gasteiger partial charge in [-0.05, 0) is 36.7 Å². The molecule has 0 spiro atoms. The Balaban J connectivity index is 1.44. The van der Waals surface area contributed by atoms with Gasteiger partial charge in [-0.25, -0.2) is 0 Å². The standard InChI is InChI=1S/C20H30N2O/c1-15-7-6-10-18(16(15)2)21-13-19(23)22-14-20(11-12-20)17-8-4-3-5-9-17/h3-5,8-9,15-16,18,21H,6-7,10-14H2,1-2H3,(H,22,23). The second-order valence-electron chi connectivity index (χ2n) is 7.68. The van der Waals surface area contributed by atoms with E-state index in [1.54, 1.807) is 0 Å². The number of benzene rings is 1. The quantitative estimate of drug-likeness (QED) is 0.846. The highest BCUT2D eigenvalue weighted by molar-refractivity contribution is 5.78. The van der Waals surface area contributed by atoms with E-state index in [1.165, 1.54) is 37.7 Å². The molecule has 0 heterocycles. The predicted molar refractivity (Wildman–Crippen MR) is 94.3 cm³/mol. The SMILES string of the molecule is CC1CCCC(NCC(=O)NCC2(c3ccccc3)CC2)C1C. The van der Waals surface area contributed by atoms with Gasteiger partial charge in [0.05, 0.1) is 6.54 Å². The molecule has 0 radical (unpaired) electrons. The van der Waals surface area contributed by atoms with Gasteiger partial charge in [-0.1, -0.05) is 57.0 Å². The molecule has 3 atom stereocenters. The summed E-state index contributed by atoms with van der Waals surface area (Å²) in [5, 5.41) is 6.63. The van der Waals surface area contributed by atoms with Crippen molar-refractivity contribution < 1.29 is 4.79 Å². The molecular formula is C20H30N2O. The first-order valence-electron chi connectivity index (χ1n) is 9.16. The zero-order chi connectivity index (χ0) is 16.3. The van der Waals surface area contributed by atoms with Gasteiger partial charge in [-0.2, -0.15) is 0 Å². The number of carbonyl (C=O) groups is 1. The molecule has 2 aliphatic carbocycles. The van der Waals surface area contributed by atoms with Gasteiger partial charge < -0.3 is 10.6 Å². The van der Waals surface area contributed by atoms with Gasteiger partial charge in [0.25, 0.3) is 0 Å². The van der Waals surface area contributed by atoms with E-state index in [4.69, 9.17) is 0 Å². The maximum atomic E-state index is 12.2. The van der Waals surface area contributed by atoms with Crippen molar-refractivity contribution in [2.75, 3.05) is 13.1 Å². The maximum absolute atomic E-state index is 12.2. The van der Waals surface area contributed by atoms with E-state index in [0.29, 0.717) is 18.5 Å². The maximum Gasteiger partial charge on any atom is 0.233 e. The van der Waals surface area contributed by atoms with Crippen molar-refractivity contribution in [3.63, 3.8) is 0 Å². The van der Waals surface area contributed by atoms with Gasteiger partial charge in [0.2, 0.25) is 5.91 Å². The molecule has 23 heavy (non-hydrogen) atoms. The van der Waals surface area contributed by atoms with Crippen LogP contribution in [0.1, 0.15) is 51.5 Å². The lowest BCUT2D eigenvalue weighted by atomic mass is 9.78. The molecular weight excluding hydrogens is 284 g/mol. The minimum absolute atomic E-state index is 0.137. The first kappa shape index (κ1) is 16.5. The molecule has 1 aromatic carbocycles. The van der Waals surface area contributed by atoms with E-state index >= 15 is 0 Å². The highest BCUT2D eigenvalue weighted by Gasteiger charge is 2.44. The summed E-state index contributed by atoms with van der Waals surface area (Å²) in [5.41, 5.74) is 1.56.